The van der Waals surface area contributed by atoms with Crippen molar-refractivity contribution in [1.82, 2.24) is 9.29 Å². The molecular formula is C25H28FN3O8S2. The number of rotatable bonds is 9. The summed E-state index contributed by atoms with van der Waals surface area (Å²) in [7, 11) is -3.23. The van der Waals surface area contributed by atoms with Gasteiger partial charge in [0.25, 0.3) is 10.0 Å². The van der Waals surface area contributed by atoms with Crippen LogP contribution in [0.25, 0.3) is 10.8 Å². The molecule has 0 saturated heterocycles. The molecule has 11 nitrogen and oxygen atoms in total. The van der Waals surface area contributed by atoms with E-state index >= 15 is 0 Å². The first-order valence-corrected chi connectivity index (χ1v) is 14.1. The summed E-state index contributed by atoms with van der Waals surface area (Å²) in [5.41, 5.74) is -1.61. The van der Waals surface area contributed by atoms with Crippen molar-refractivity contribution in [2.75, 3.05) is 18.6 Å². The van der Waals surface area contributed by atoms with Crippen molar-refractivity contribution in [2.24, 2.45) is 0 Å². The topological polar surface area (TPSA) is 139 Å². The molecule has 0 aliphatic carbocycles. The molecule has 0 radical (unpaired) electrons. The quantitative estimate of drug-likeness (QED) is 0.377. The third-order valence-electron chi connectivity index (χ3n) is 6.20. The molecule has 39 heavy (non-hydrogen) atoms. The number of ether oxygens (including phenoxy) is 2. The van der Waals surface area contributed by atoms with Gasteiger partial charge in [-0.25, -0.2) is 27.4 Å². The van der Waals surface area contributed by atoms with Crippen molar-refractivity contribution < 1.29 is 41.4 Å². The molecule has 210 valence electrons. The molecule has 4 rings (SSSR count). The van der Waals surface area contributed by atoms with Crippen molar-refractivity contribution in [3.8, 4) is 16.5 Å². The third kappa shape index (κ3) is 4.87. The van der Waals surface area contributed by atoms with Gasteiger partial charge in [0.1, 0.15) is 33.8 Å². The van der Waals surface area contributed by atoms with Gasteiger partial charge in [0, 0.05) is 5.56 Å². The highest BCUT2D eigenvalue weighted by Gasteiger charge is 2.54. The molecule has 1 aliphatic heterocycles. The Hall–Kier alpha value is -3.49. The Bertz CT molecular complexity index is 1520. The summed E-state index contributed by atoms with van der Waals surface area (Å²) >= 11 is 0.959. The molecule has 2 amide bonds. The number of aliphatic carboxylic acids is 1. The van der Waals surface area contributed by atoms with Gasteiger partial charge in [-0.2, -0.15) is 4.31 Å². The summed E-state index contributed by atoms with van der Waals surface area (Å²) < 4.78 is 59.3. The smallest absolute Gasteiger partial charge is 0.340 e. The van der Waals surface area contributed by atoms with Crippen LogP contribution in [0.15, 0.2) is 40.0 Å². The molecular weight excluding hydrogens is 553 g/mol. The van der Waals surface area contributed by atoms with E-state index in [1.54, 1.807) is 13.8 Å². The number of benzene rings is 1. The van der Waals surface area contributed by atoms with Crippen molar-refractivity contribution in [2.45, 2.75) is 57.3 Å². The number of nitrogens with zero attached hydrogens (tertiary/aromatic N) is 3. The minimum Gasteiger partial charge on any atom is -0.496 e. The first-order valence-electron chi connectivity index (χ1n) is 11.8. The average Bonchev–Trinajstić information content (AvgIpc) is 3.48. The van der Waals surface area contributed by atoms with Crippen LogP contribution in [0, 0.1) is 12.7 Å². The molecule has 2 aromatic heterocycles. The Kier molecular flexibility index (Phi) is 7.49. The van der Waals surface area contributed by atoms with Gasteiger partial charge in [-0.1, -0.05) is 0 Å². The number of aromatic nitrogens is 1. The number of sulfonamides is 1. The van der Waals surface area contributed by atoms with Gasteiger partial charge in [0.05, 0.1) is 30.8 Å². The normalized spacial score (nSPS) is 15.9. The molecule has 14 heteroatoms. The molecule has 1 unspecified atom stereocenters. The van der Waals surface area contributed by atoms with Crippen LogP contribution in [0.1, 0.15) is 44.9 Å². The second kappa shape index (κ2) is 10.2. The average molecular weight is 582 g/mol. The van der Waals surface area contributed by atoms with Gasteiger partial charge in [0.2, 0.25) is 5.89 Å². The van der Waals surface area contributed by atoms with Gasteiger partial charge < -0.3 is 19.0 Å². The number of amides is 2. The van der Waals surface area contributed by atoms with Crippen LogP contribution in [0.4, 0.5) is 14.2 Å². The monoisotopic (exact) mass is 581 g/mol. The first-order chi connectivity index (χ1) is 18.2. The number of halogens is 1. The van der Waals surface area contributed by atoms with Crippen LogP contribution in [-0.2, 0) is 19.6 Å². The number of carbonyl (C=O) groups excluding carboxylic acids is 1. The third-order valence-corrected chi connectivity index (χ3v) is 9.74. The van der Waals surface area contributed by atoms with E-state index in [0.717, 1.165) is 30.1 Å². The highest BCUT2D eigenvalue weighted by atomic mass is 32.2. The number of carboxylic acid groups (broad SMARTS) is 1. The van der Waals surface area contributed by atoms with Crippen molar-refractivity contribution in [1.29, 1.82) is 0 Å². The lowest BCUT2D eigenvalue weighted by molar-refractivity contribution is -0.145. The highest BCUT2D eigenvalue weighted by Crippen LogP contribution is 2.50. The van der Waals surface area contributed by atoms with E-state index in [4.69, 9.17) is 13.9 Å². The van der Waals surface area contributed by atoms with Crippen LogP contribution in [0.3, 0.4) is 0 Å². The number of anilines is 1. The number of oxazole rings is 1. The fourth-order valence-corrected chi connectivity index (χ4v) is 7.98. The molecule has 1 N–H and O–H groups in total. The van der Waals surface area contributed by atoms with E-state index in [0.29, 0.717) is 20.5 Å². The fraction of sp³-hybridized carbons (Fsp3) is 0.400. The Balaban J connectivity index is 1.96. The molecule has 1 aliphatic rings. The van der Waals surface area contributed by atoms with E-state index in [-0.39, 0.29) is 34.0 Å². The fourth-order valence-electron chi connectivity index (χ4n) is 4.35. The highest BCUT2D eigenvalue weighted by molar-refractivity contribution is 7.90. The number of hydrogen-bond acceptors (Lipinski definition) is 9. The summed E-state index contributed by atoms with van der Waals surface area (Å²) in [6.07, 6.45) is 1.36. The van der Waals surface area contributed by atoms with Gasteiger partial charge in [-0.05, 0) is 58.4 Å². The second-order valence-corrected chi connectivity index (χ2v) is 12.3. The minimum atomic E-state index is -4.63. The predicted molar refractivity (Wildman–Crippen MR) is 140 cm³/mol. The van der Waals surface area contributed by atoms with Crippen molar-refractivity contribution in [3.05, 3.63) is 47.6 Å². The number of thiophene rings is 1. The zero-order valence-corrected chi connectivity index (χ0v) is 23.7. The summed E-state index contributed by atoms with van der Waals surface area (Å²) in [6, 6.07) is 2.76. The van der Waals surface area contributed by atoms with E-state index in [2.05, 4.69) is 4.98 Å². The summed E-state index contributed by atoms with van der Waals surface area (Å²) in [5, 5.41) is 9.94. The zero-order valence-electron chi connectivity index (χ0n) is 22.1. The maximum Gasteiger partial charge on any atom is 0.340 e. The van der Waals surface area contributed by atoms with Crippen molar-refractivity contribution in [3.63, 3.8) is 0 Å². The zero-order chi connectivity index (χ0) is 28.9. The molecule has 0 bridgehead atoms. The molecule has 3 heterocycles. The maximum atomic E-state index is 14.3. The minimum absolute atomic E-state index is 0.0378. The first kappa shape index (κ1) is 28.5. The molecule has 0 saturated carbocycles. The molecule has 1 aromatic carbocycles. The van der Waals surface area contributed by atoms with Crippen LogP contribution in [0.2, 0.25) is 0 Å². The maximum absolute atomic E-state index is 14.3. The van der Waals surface area contributed by atoms with Gasteiger partial charge in [-0.15, -0.1) is 11.3 Å². The predicted octanol–water partition coefficient (Wildman–Crippen LogP) is 4.82. The standard InChI is InChI=1S/C25H28FN3O8S2/c1-13(2)37-18(16-11-15(26)7-8-17(16)35-6)12-28-22-20(14(3)19(38-22)21-27-9-10-36-21)39(33,34)29(24(28)32)25(4,5)23(30)31/h7-11,13,18H,12H2,1-6H3,(H,30,31). The van der Waals surface area contributed by atoms with Crippen LogP contribution in [0.5, 0.6) is 5.75 Å². The number of carbonyl (C=O) groups is 2. The van der Waals surface area contributed by atoms with E-state index in [1.165, 1.54) is 44.7 Å². The number of fused-ring (bicyclic) bond motifs is 1. The van der Waals surface area contributed by atoms with Gasteiger partial charge in [0.15, 0.2) is 5.54 Å². The van der Waals surface area contributed by atoms with Gasteiger partial charge >= 0.3 is 12.0 Å². The second-order valence-electron chi connectivity index (χ2n) is 9.61. The lowest BCUT2D eigenvalue weighted by Gasteiger charge is -2.42. The number of methoxy groups -OCH3 is 1. The van der Waals surface area contributed by atoms with Crippen LogP contribution >= 0.6 is 11.3 Å². The summed E-state index contributed by atoms with van der Waals surface area (Å²) in [6.45, 7) is 7.01. The van der Waals surface area contributed by atoms with E-state index < -0.39 is 39.5 Å². The number of urea groups is 1. The largest absolute Gasteiger partial charge is 0.496 e. The SMILES string of the molecule is COc1ccc(F)cc1C(CN1C(=O)N(C(C)(C)C(=O)O)S(=O)(=O)c2c1sc(-c1ncco1)c2C)OC(C)C. The van der Waals surface area contributed by atoms with Crippen LogP contribution < -0.4 is 9.64 Å². The summed E-state index contributed by atoms with van der Waals surface area (Å²) in [4.78, 5) is 31.5. The lowest BCUT2D eigenvalue weighted by atomic mass is 10.1. The molecule has 1 atom stereocenters. The Morgan fingerprint density at radius 3 is 2.56 bits per heavy atom. The van der Waals surface area contributed by atoms with Gasteiger partial charge in [-0.3, -0.25) is 4.90 Å². The Labute approximate surface area is 228 Å². The van der Waals surface area contributed by atoms with E-state index in [1.807, 2.05) is 0 Å². The number of carboxylic acids is 1. The summed E-state index contributed by atoms with van der Waals surface area (Å²) in [5.74, 6) is -1.65. The molecule has 0 fully saturated rings. The Morgan fingerprint density at radius 2 is 2.00 bits per heavy atom. The molecule has 3 aromatic rings. The van der Waals surface area contributed by atoms with E-state index in [9.17, 15) is 27.5 Å². The lowest BCUT2D eigenvalue weighted by Crippen LogP contribution is -2.62. The van der Waals surface area contributed by atoms with Crippen molar-refractivity contribution >= 4 is 38.4 Å². The molecule has 0 spiro atoms. The van der Waals surface area contributed by atoms with Crippen LogP contribution in [-0.4, -0.2) is 60.1 Å². The Morgan fingerprint density at radius 1 is 1.31 bits per heavy atom. The number of hydrogen-bond donors (Lipinski definition) is 1.